The summed E-state index contributed by atoms with van der Waals surface area (Å²) in [5, 5.41) is 0. The highest BCUT2D eigenvalue weighted by Crippen LogP contribution is 2.34. The first-order valence-corrected chi connectivity index (χ1v) is 6.44. The van der Waals surface area contributed by atoms with Gasteiger partial charge in [-0.1, -0.05) is 0 Å². The fourth-order valence-corrected chi connectivity index (χ4v) is 2.38. The Morgan fingerprint density at radius 3 is 2.80 bits per heavy atom. The fraction of sp³-hybridized carbons (Fsp3) is 0.133. The van der Waals surface area contributed by atoms with Gasteiger partial charge in [0.05, 0.1) is 11.4 Å². The Kier molecular flexibility index (Phi) is 2.32. The Labute approximate surface area is 115 Å². The molecular weight excluding hydrogens is 254 g/mol. The molecule has 0 amide bonds. The molecule has 0 spiro atoms. The molecule has 5 heteroatoms. The van der Waals surface area contributed by atoms with Crippen molar-refractivity contribution in [3.63, 3.8) is 0 Å². The van der Waals surface area contributed by atoms with Crippen molar-refractivity contribution in [1.29, 1.82) is 0 Å². The van der Waals surface area contributed by atoms with E-state index in [2.05, 4.69) is 4.98 Å². The van der Waals surface area contributed by atoms with E-state index in [1.54, 1.807) is 0 Å². The Morgan fingerprint density at radius 1 is 1.10 bits per heavy atom. The molecule has 100 valence electrons. The largest absolute Gasteiger partial charge is 0.486 e. The van der Waals surface area contributed by atoms with Crippen LogP contribution >= 0.6 is 0 Å². The Balaban J connectivity index is 1.84. The second-order valence-corrected chi connectivity index (χ2v) is 4.68. The van der Waals surface area contributed by atoms with Gasteiger partial charge in [-0.05, 0) is 30.3 Å². The maximum atomic E-state index is 5.93. The summed E-state index contributed by atoms with van der Waals surface area (Å²) in [5.41, 5.74) is 9.20. The molecule has 0 radical (unpaired) electrons. The first-order valence-electron chi connectivity index (χ1n) is 6.44. The number of fused-ring (bicyclic) bond motifs is 2. The predicted molar refractivity (Wildman–Crippen MR) is 76.0 cm³/mol. The highest BCUT2D eigenvalue weighted by molar-refractivity contribution is 5.72. The maximum absolute atomic E-state index is 5.93. The van der Waals surface area contributed by atoms with Gasteiger partial charge in [-0.3, -0.25) is 0 Å². The Hall–Kier alpha value is -2.69. The van der Waals surface area contributed by atoms with E-state index in [0.717, 1.165) is 28.4 Å². The van der Waals surface area contributed by atoms with Crippen LogP contribution in [0.5, 0.6) is 11.5 Å². The highest BCUT2D eigenvalue weighted by Gasteiger charge is 2.14. The van der Waals surface area contributed by atoms with Gasteiger partial charge in [0.1, 0.15) is 13.2 Å². The van der Waals surface area contributed by atoms with Gasteiger partial charge < -0.3 is 19.6 Å². The average molecular weight is 267 g/mol. The molecule has 0 atom stereocenters. The van der Waals surface area contributed by atoms with E-state index >= 15 is 0 Å². The van der Waals surface area contributed by atoms with Gasteiger partial charge >= 0.3 is 0 Å². The lowest BCUT2D eigenvalue weighted by Crippen LogP contribution is -2.15. The first-order chi connectivity index (χ1) is 9.81. The zero-order chi connectivity index (χ0) is 13.5. The topological polar surface area (TPSA) is 61.8 Å². The fourth-order valence-electron chi connectivity index (χ4n) is 2.38. The molecule has 0 saturated carbocycles. The molecule has 3 aromatic rings. The van der Waals surface area contributed by atoms with Crippen LogP contribution in [0.1, 0.15) is 0 Å². The van der Waals surface area contributed by atoms with Gasteiger partial charge in [-0.25, -0.2) is 4.98 Å². The van der Waals surface area contributed by atoms with Crippen LogP contribution < -0.4 is 15.2 Å². The van der Waals surface area contributed by atoms with E-state index in [-0.39, 0.29) is 0 Å². The van der Waals surface area contributed by atoms with E-state index in [4.69, 9.17) is 15.2 Å². The SMILES string of the molecule is Nc1cccn2cc(-c3ccc4c(c3)OCCO4)nc12. The molecule has 0 bridgehead atoms. The van der Waals surface area contributed by atoms with Gasteiger partial charge in [0, 0.05) is 18.0 Å². The minimum atomic E-state index is 0.578. The van der Waals surface area contributed by atoms with Crippen LogP contribution in [0.15, 0.2) is 42.7 Å². The summed E-state index contributed by atoms with van der Waals surface area (Å²) < 4.78 is 13.0. The van der Waals surface area contributed by atoms with Gasteiger partial charge in [0.15, 0.2) is 17.1 Å². The number of imidazole rings is 1. The van der Waals surface area contributed by atoms with Crippen molar-refractivity contribution in [3.05, 3.63) is 42.7 Å². The minimum absolute atomic E-state index is 0.578. The summed E-state index contributed by atoms with van der Waals surface area (Å²) in [5.74, 6) is 1.54. The summed E-state index contributed by atoms with van der Waals surface area (Å²) in [6.45, 7) is 1.17. The first kappa shape index (κ1) is 11.2. The standard InChI is InChI=1S/C15H13N3O2/c16-11-2-1-5-18-9-12(17-15(11)18)10-3-4-13-14(8-10)20-7-6-19-13/h1-5,8-9H,6-7,16H2. The van der Waals surface area contributed by atoms with Crippen molar-refractivity contribution in [2.75, 3.05) is 18.9 Å². The van der Waals surface area contributed by atoms with Crippen molar-refractivity contribution in [2.45, 2.75) is 0 Å². The van der Waals surface area contributed by atoms with E-state index in [9.17, 15) is 0 Å². The molecule has 2 N–H and O–H groups in total. The maximum Gasteiger partial charge on any atom is 0.162 e. The van der Waals surface area contributed by atoms with Crippen LogP contribution in [0.4, 0.5) is 5.69 Å². The van der Waals surface area contributed by atoms with Crippen LogP contribution in [-0.4, -0.2) is 22.6 Å². The number of hydrogen-bond donors (Lipinski definition) is 1. The molecule has 20 heavy (non-hydrogen) atoms. The normalized spacial score (nSPS) is 13.6. The molecule has 1 aliphatic rings. The van der Waals surface area contributed by atoms with Crippen molar-refractivity contribution in [2.24, 2.45) is 0 Å². The summed E-state index contributed by atoms with van der Waals surface area (Å²) in [6.07, 6.45) is 3.89. The predicted octanol–water partition coefficient (Wildman–Crippen LogP) is 2.35. The van der Waals surface area contributed by atoms with E-state index < -0.39 is 0 Å². The number of hydrogen-bond acceptors (Lipinski definition) is 4. The quantitative estimate of drug-likeness (QED) is 0.735. The number of nitrogens with two attached hydrogens (primary N) is 1. The molecule has 0 saturated heterocycles. The zero-order valence-electron chi connectivity index (χ0n) is 10.7. The molecule has 3 heterocycles. The second kappa shape index (κ2) is 4.16. The second-order valence-electron chi connectivity index (χ2n) is 4.68. The van der Waals surface area contributed by atoms with Crippen LogP contribution in [0.2, 0.25) is 0 Å². The average Bonchev–Trinajstić information content (AvgIpc) is 2.92. The third kappa shape index (κ3) is 1.67. The van der Waals surface area contributed by atoms with Crippen molar-refractivity contribution >= 4 is 11.3 Å². The van der Waals surface area contributed by atoms with E-state index in [1.807, 2.05) is 47.1 Å². The molecule has 2 aromatic heterocycles. The number of aromatic nitrogens is 2. The molecular formula is C15H13N3O2. The van der Waals surface area contributed by atoms with Crippen LogP contribution in [-0.2, 0) is 0 Å². The number of pyridine rings is 1. The minimum Gasteiger partial charge on any atom is -0.486 e. The number of ether oxygens (including phenoxy) is 2. The number of nitrogens with zero attached hydrogens (tertiary/aromatic N) is 2. The third-order valence-corrected chi connectivity index (χ3v) is 3.35. The van der Waals surface area contributed by atoms with Gasteiger partial charge in [0.2, 0.25) is 0 Å². The summed E-state index contributed by atoms with van der Waals surface area (Å²) in [7, 11) is 0. The Bertz CT molecular complexity index is 795. The number of benzene rings is 1. The number of rotatable bonds is 1. The molecule has 0 unspecified atom stereocenters. The van der Waals surface area contributed by atoms with Gasteiger partial charge in [-0.15, -0.1) is 0 Å². The zero-order valence-corrected chi connectivity index (χ0v) is 10.7. The highest BCUT2D eigenvalue weighted by atomic mass is 16.6. The van der Waals surface area contributed by atoms with Gasteiger partial charge in [-0.2, -0.15) is 0 Å². The van der Waals surface area contributed by atoms with Crippen LogP contribution in [0.25, 0.3) is 16.9 Å². The van der Waals surface area contributed by atoms with Crippen LogP contribution in [0.3, 0.4) is 0 Å². The lowest BCUT2D eigenvalue weighted by Gasteiger charge is -2.18. The molecule has 4 rings (SSSR count). The number of nitrogen functional groups attached to an aromatic ring is 1. The molecule has 0 fully saturated rings. The van der Waals surface area contributed by atoms with E-state index in [1.165, 1.54) is 0 Å². The number of anilines is 1. The van der Waals surface area contributed by atoms with Crippen molar-refractivity contribution < 1.29 is 9.47 Å². The van der Waals surface area contributed by atoms with Crippen molar-refractivity contribution in [3.8, 4) is 22.8 Å². The summed E-state index contributed by atoms with van der Waals surface area (Å²) >= 11 is 0. The van der Waals surface area contributed by atoms with E-state index in [0.29, 0.717) is 18.9 Å². The lowest BCUT2D eigenvalue weighted by molar-refractivity contribution is 0.171. The molecule has 0 aliphatic carbocycles. The third-order valence-electron chi connectivity index (χ3n) is 3.35. The van der Waals surface area contributed by atoms with Crippen molar-refractivity contribution in [1.82, 2.24) is 9.38 Å². The molecule has 5 nitrogen and oxygen atoms in total. The molecule has 1 aliphatic heterocycles. The van der Waals surface area contributed by atoms with Crippen LogP contribution in [0, 0.1) is 0 Å². The van der Waals surface area contributed by atoms with Gasteiger partial charge in [0.25, 0.3) is 0 Å². The summed E-state index contributed by atoms with van der Waals surface area (Å²) in [4.78, 5) is 4.57. The molecule has 1 aromatic carbocycles. The monoisotopic (exact) mass is 267 g/mol. The smallest absolute Gasteiger partial charge is 0.162 e. The lowest BCUT2D eigenvalue weighted by atomic mass is 10.1. The Morgan fingerprint density at radius 2 is 1.95 bits per heavy atom. The summed E-state index contributed by atoms with van der Waals surface area (Å²) in [6, 6.07) is 9.59.